The molecule has 0 radical (unpaired) electrons. The molecule has 0 aromatic carbocycles. The summed E-state index contributed by atoms with van der Waals surface area (Å²) >= 11 is 0. The Labute approximate surface area is 110 Å². The van der Waals surface area contributed by atoms with Gasteiger partial charge in [-0.25, -0.2) is 4.79 Å². The van der Waals surface area contributed by atoms with Crippen molar-refractivity contribution >= 4 is 11.5 Å². The maximum atomic E-state index is 11.4. The summed E-state index contributed by atoms with van der Waals surface area (Å²) in [5, 5.41) is 9.34. The average molecular weight is 254 g/mol. The molecule has 3 heterocycles. The van der Waals surface area contributed by atoms with E-state index in [1.165, 1.54) is 0 Å². The van der Waals surface area contributed by atoms with Crippen LogP contribution >= 0.6 is 0 Å². The van der Waals surface area contributed by atoms with E-state index in [-0.39, 0.29) is 0 Å². The van der Waals surface area contributed by atoms with Crippen LogP contribution in [-0.4, -0.2) is 20.5 Å². The lowest BCUT2D eigenvalue weighted by Crippen LogP contribution is -1.99. The fraction of sp³-hybridized carbons (Fsp3) is 0.133. The fourth-order valence-corrected chi connectivity index (χ4v) is 2.37. The Morgan fingerprint density at radius 2 is 2.26 bits per heavy atom. The number of aromatic nitrogens is 2. The Bertz CT molecular complexity index is 739. The summed E-state index contributed by atoms with van der Waals surface area (Å²) in [5.41, 5.74) is 4.39. The van der Waals surface area contributed by atoms with E-state index in [0.717, 1.165) is 22.2 Å². The molecule has 3 rings (SSSR count). The molecule has 0 atom stereocenters. The molecule has 4 heteroatoms. The zero-order valence-electron chi connectivity index (χ0n) is 10.6. The molecule has 0 aliphatic rings. The van der Waals surface area contributed by atoms with Crippen molar-refractivity contribution in [2.24, 2.45) is 0 Å². The number of fused-ring (bicyclic) bond motifs is 1. The van der Waals surface area contributed by atoms with E-state index in [1.807, 2.05) is 48.1 Å². The quantitative estimate of drug-likeness (QED) is 0.755. The Kier molecular flexibility index (Phi) is 2.63. The lowest BCUT2D eigenvalue weighted by Gasteiger charge is -2.02. The minimum Gasteiger partial charge on any atom is -0.478 e. The Morgan fingerprint density at radius 1 is 1.42 bits per heavy atom. The number of rotatable bonds is 3. The number of pyridine rings is 1. The summed E-state index contributed by atoms with van der Waals surface area (Å²) < 4.78 is 1.87. The third kappa shape index (κ3) is 2.01. The molecule has 0 bridgehead atoms. The monoisotopic (exact) mass is 254 g/mol. The van der Waals surface area contributed by atoms with E-state index in [9.17, 15) is 9.90 Å². The molecular weight excluding hydrogens is 240 g/mol. The van der Waals surface area contributed by atoms with Gasteiger partial charge in [-0.2, -0.15) is 0 Å². The van der Waals surface area contributed by atoms with Crippen LogP contribution in [0.1, 0.15) is 27.0 Å². The molecule has 0 saturated carbocycles. The van der Waals surface area contributed by atoms with Crippen molar-refractivity contribution in [2.45, 2.75) is 13.3 Å². The lowest BCUT2D eigenvalue weighted by molar-refractivity contribution is 0.0696. The van der Waals surface area contributed by atoms with Gasteiger partial charge in [-0.15, -0.1) is 0 Å². The first-order valence-electron chi connectivity index (χ1n) is 6.10. The fourth-order valence-electron chi connectivity index (χ4n) is 2.37. The SMILES string of the molecule is Cc1ccn2cc(C(=O)O)c(Cc3cc[nH]c3)c2c1. The van der Waals surface area contributed by atoms with Crippen LogP contribution in [0, 0.1) is 6.92 Å². The van der Waals surface area contributed by atoms with Gasteiger partial charge in [0.15, 0.2) is 0 Å². The highest BCUT2D eigenvalue weighted by Gasteiger charge is 2.16. The summed E-state index contributed by atoms with van der Waals surface area (Å²) in [6, 6.07) is 5.96. The van der Waals surface area contributed by atoms with Crippen molar-refractivity contribution in [1.82, 2.24) is 9.38 Å². The molecule has 0 amide bonds. The van der Waals surface area contributed by atoms with Crippen LogP contribution in [0.4, 0.5) is 0 Å². The second-order valence-corrected chi connectivity index (χ2v) is 4.72. The van der Waals surface area contributed by atoms with Crippen LogP contribution < -0.4 is 0 Å². The van der Waals surface area contributed by atoms with Gasteiger partial charge in [0.05, 0.1) is 5.56 Å². The molecule has 96 valence electrons. The van der Waals surface area contributed by atoms with E-state index in [2.05, 4.69) is 4.98 Å². The number of H-pyrrole nitrogens is 1. The first-order chi connectivity index (χ1) is 9.15. The van der Waals surface area contributed by atoms with Gasteiger partial charge in [0.2, 0.25) is 0 Å². The Balaban J connectivity index is 2.20. The number of aryl methyl sites for hydroxylation is 1. The molecule has 0 saturated heterocycles. The second kappa shape index (κ2) is 4.31. The molecule has 0 unspecified atom stereocenters. The standard InChI is InChI=1S/C15H14N2O2/c1-10-3-5-17-9-13(15(18)19)12(14(17)6-10)7-11-2-4-16-8-11/h2-6,8-9,16H,7H2,1H3,(H,18,19). The van der Waals surface area contributed by atoms with Crippen molar-refractivity contribution in [3.63, 3.8) is 0 Å². The topological polar surface area (TPSA) is 57.5 Å². The van der Waals surface area contributed by atoms with Crippen molar-refractivity contribution in [3.05, 3.63) is 65.2 Å². The largest absolute Gasteiger partial charge is 0.478 e. The van der Waals surface area contributed by atoms with Gasteiger partial charge in [0, 0.05) is 36.7 Å². The average Bonchev–Trinajstić information content (AvgIpc) is 2.98. The highest BCUT2D eigenvalue weighted by atomic mass is 16.4. The second-order valence-electron chi connectivity index (χ2n) is 4.72. The highest BCUT2D eigenvalue weighted by molar-refractivity contribution is 5.92. The van der Waals surface area contributed by atoms with E-state index in [4.69, 9.17) is 0 Å². The number of carboxylic acid groups (broad SMARTS) is 1. The van der Waals surface area contributed by atoms with Crippen molar-refractivity contribution in [2.75, 3.05) is 0 Å². The van der Waals surface area contributed by atoms with E-state index in [0.29, 0.717) is 12.0 Å². The number of carbonyl (C=O) groups is 1. The Hall–Kier alpha value is -2.49. The maximum absolute atomic E-state index is 11.4. The van der Waals surface area contributed by atoms with Crippen LogP contribution in [0.5, 0.6) is 0 Å². The number of aromatic carboxylic acids is 1. The summed E-state index contributed by atoms with van der Waals surface area (Å²) in [6.07, 6.45) is 7.94. The third-order valence-electron chi connectivity index (χ3n) is 3.32. The minimum absolute atomic E-state index is 0.367. The van der Waals surface area contributed by atoms with Crippen LogP contribution in [-0.2, 0) is 6.42 Å². The normalized spacial score (nSPS) is 11.0. The van der Waals surface area contributed by atoms with Gasteiger partial charge in [-0.3, -0.25) is 0 Å². The van der Waals surface area contributed by atoms with Gasteiger partial charge >= 0.3 is 5.97 Å². The number of hydrogen-bond donors (Lipinski definition) is 2. The van der Waals surface area contributed by atoms with Crippen molar-refractivity contribution in [3.8, 4) is 0 Å². The van der Waals surface area contributed by atoms with Gasteiger partial charge in [-0.1, -0.05) is 0 Å². The molecule has 0 spiro atoms. The van der Waals surface area contributed by atoms with Gasteiger partial charge < -0.3 is 14.5 Å². The van der Waals surface area contributed by atoms with Crippen LogP contribution in [0.25, 0.3) is 5.52 Å². The summed E-state index contributed by atoms with van der Waals surface area (Å²) in [4.78, 5) is 14.4. The Morgan fingerprint density at radius 3 is 2.95 bits per heavy atom. The molecule has 3 aromatic heterocycles. The maximum Gasteiger partial charge on any atom is 0.337 e. The van der Waals surface area contributed by atoms with E-state index < -0.39 is 5.97 Å². The summed E-state index contributed by atoms with van der Waals surface area (Å²) in [5.74, 6) is -0.883. The number of nitrogens with zero attached hydrogens (tertiary/aromatic N) is 1. The number of nitrogens with one attached hydrogen (secondary N) is 1. The van der Waals surface area contributed by atoms with Gasteiger partial charge in [0.1, 0.15) is 0 Å². The molecule has 0 fully saturated rings. The molecule has 3 aromatic rings. The van der Waals surface area contributed by atoms with Crippen molar-refractivity contribution < 1.29 is 9.90 Å². The molecule has 2 N–H and O–H groups in total. The minimum atomic E-state index is -0.883. The zero-order chi connectivity index (χ0) is 13.4. The summed E-state index contributed by atoms with van der Waals surface area (Å²) in [7, 11) is 0. The number of carboxylic acids is 1. The molecule has 19 heavy (non-hydrogen) atoms. The summed E-state index contributed by atoms with van der Waals surface area (Å²) in [6.45, 7) is 2.01. The number of aromatic amines is 1. The predicted octanol–water partition coefficient (Wildman–Crippen LogP) is 2.86. The van der Waals surface area contributed by atoms with Crippen LogP contribution in [0.2, 0.25) is 0 Å². The number of hydrogen-bond acceptors (Lipinski definition) is 1. The van der Waals surface area contributed by atoms with E-state index in [1.54, 1.807) is 6.20 Å². The first-order valence-corrected chi connectivity index (χ1v) is 6.10. The molecular formula is C15H14N2O2. The molecule has 0 aliphatic carbocycles. The third-order valence-corrected chi connectivity index (χ3v) is 3.32. The molecule has 0 aliphatic heterocycles. The molecule has 4 nitrogen and oxygen atoms in total. The van der Waals surface area contributed by atoms with Gasteiger partial charge in [0.25, 0.3) is 0 Å². The highest BCUT2D eigenvalue weighted by Crippen LogP contribution is 2.23. The van der Waals surface area contributed by atoms with E-state index >= 15 is 0 Å². The predicted molar refractivity (Wildman–Crippen MR) is 72.7 cm³/mol. The van der Waals surface area contributed by atoms with Crippen LogP contribution in [0.3, 0.4) is 0 Å². The van der Waals surface area contributed by atoms with Crippen LogP contribution in [0.15, 0.2) is 43.0 Å². The van der Waals surface area contributed by atoms with Gasteiger partial charge in [-0.05, 0) is 41.8 Å². The smallest absolute Gasteiger partial charge is 0.337 e. The lowest BCUT2D eigenvalue weighted by atomic mass is 10.0. The van der Waals surface area contributed by atoms with Crippen molar-refractivity contribution in [1.29, 1.82) is 0 Å². The zero-order valence-corrected chi connectivity index (χ0v) is 10.6. The first kappa shape index (κ1) is 11.6.